The molecule has 0 radical (unpaired) electrons. The Bertz CT molecular complexity index is 1400. The summed E-state index contributed by atoms with van der Waals surface area (Å²) in [5.41, 5.74) is -0.523. The second-order valence-corrected chi connectivity index (χ2v) is 10.5. The number of fused-ring (bicyclic) bond motifs is 8. The number of hydrogen-bond donors (Lipinski definition) is 0. The fraction of sp³-hybridized carbons (Fsp3) is 0.385. The molecule has 0 heterocycles. The smallest absolute Gasteiger partial charge is 0.207 e. The van der Waals surface area contributed by atoms with E-state index in [0.717, 1.165) is 17.1 Å². The SMILES string of the molecule is Bc1cc2c(cc1C)C1=C3C(=C4c5cc(F)c(C)cc5CC4C1(C)C2)C(F)(F)C(F)(F)C3(F)F. The Kier molecular flexibility index (Phi) is 3.88. The quantitative estimate of drug-likeness (QED) is 0.344. The van der Waals surface area contributed by atoms with Gasteiger partial charge in [0.2, 0.25) is 0 Å². The Balaban J connectivity index is 1.80. The van der Waals surface area contributed by atoms with Gasteiger partial charge in [0.25, 0.3) is 0 Å². The molecule has 1 saturated carbocycles. The Morgan fingerprint density at radius 3 is 2.12 bits per heavy atom. The molecule has 0 nitrogen and oxygen atoms in total. The van der Waals surface area contributed by atoms with Crippen molar-refractivity contribution in [2.45, 2.75) is 51.4 Å². The zero-order valence-electron chi connectivity index (χ0n) is 18.9. The average Bonchev–Trinajstić information content (AvgIpc) is 3.25. The second kappa shape index (κ2) is 6.00. The van der Waals surface area contributed by atoms with Gasteiger partial charge in [-0.05, 0) is 77.6 Å². The van der Waals surface area contributed by atoms with E-state index in [2.05, 4.69) is 0 Å². The number of aryl methyl sites for hydroxylation is 2. The Morgan fingerprint density at radius 1 is 0.794 bits per heavy atom. The van der Waals surface area contributed by atoms with Crippen LogP contribution in [0.1, 0.15) is 40.3 Å². The van der Waals surface area contributed by atoms with Crippen LogP contribution >= 0.6 is 0 Å². The molecule has 6 rings (SSSR count). The van der Waals surface area contributed by atoms with Gasteiger partial charge in [-0.15, -0.1) is 0 Å². The average molecular weight is 476 g/mol. The van der Waals surface area contributed by atoms with Gasteiger partial charge in [0.15, 0.2) is 0 Å². The molecular formula is C26H20BF7. The second-order valence-electron chi connectivity index (χ2n) is 10.5. The van der Waals surface area contributed by atoms with E-state index in [4.69, 9.17) is 0 Å². The third-order valence-electron chi connectivity index (χ3n) is 8.52. The molecule has 0 N–H and O–H groups in total. The molecule has 0 saturated heterocycles. The summed E-state index contributed by atoms with van der Waals surface area (Å²) < 4.78 is 106. The minimum atomic E-state index is -5.60. The van der Waals surface area contributed by atoms with Crippen molar-refractivity contribution in [2.75, 3.05) is 0 Å². The summed E-state index contributed by atoms with van der Waals surface area (Å²) in [4.78, 5) is 0. The minimum absolute atomic E-state index is 0.0392. The lowest BCUT2D eigenvalue weighted by Gasteiger charge is -2.40. The summed E-state index contributed by atoms with van der Waals surface area (Å²) in [6.45, 7) is 4.99. The fourth-order valence-corrected chi connectivity index (χ4v) is 6.70. The van der Waals surface area contributed by atoms with Crippen LogP contribution in [0.4, 0.5) is 30.7 Å². The highest BCUT2D eigenvalue weighted by Crippen LogP contribution is 2.73. The predicted molar refractivity (Wildman–Crippen MR) is 118 cm³/mol. The number of benzene rings is 2. The van der Waals surface area contributed by atoms with E-state index >= 15 is 17.6 Å². The van der Waals surface area contributed by atoms with E-state index in [1.807, 2.05) is 13.9 Å². The van der Waals surface area contributed by atoms with Gasteiger partial charge in [-0.25, -0.2) is 4.39 Å². The van der Waals surface area contributed by atoms with Crippen molar-refractivity contribution in [1.82, 2.24) is 0 Å². The Hall–Kier alpha value is -2.51. The van der Waals surface area contributed by atoms with Crippen LogP contribution in [-0.2, 0) is 12.8 Å². The van der Waals surface area contributed by atoms with Gasteiger partial charge in [0.05, 0.1) is 0 Å². The maximum Gasteiger partial charge on any atom is 0.380 e. The first kappa shape index (κ1) is 22.0. The minimum Gasteiger partial charge on any atom is -0.207 e. The number of alkyl halides is 6. The van der Waals surface area contributed by atoms with E-state index in [0.29, 0.717) is 16.7 Å². The van der Waals surface area contributed by atoms with Gasteiger partial charge < -0.3 is 0 Å². The van der Waals surface area contributed by atoms with Crippen molar-refractivity contribution < 1.29 is 30.7 Å². The lowest BCUT2D eigenvalue weighted by atomic mass is 9.62. The molecule has 0 aliphatic heterocycles. The standard InChI is InChI=1S/C26H20BF7/c1-10-5-15-13(7-17(10)27)9-23(3)16-6-12-4-11(2)18(28)8-14(12)19(16)21-22(20(15)23)25(31,32)26(33,34)24(21,29)30/h4-5,7-8,16H,6,9,27H2,1-3H3. The van der Waals surface area contributed by atoms with Gasteiger partial charge in [-0.3, -0.25) is 0 Å². The summed E-state index contributed by atoms with van der Waals surface area (Å²) in [6.07, 6.45) is 0.453. The van der Waals surface area contributed by atoms with E-state index in [1.165, 1.54) is 13.0 Å². The first-order valence-electron chi connectivity index (χ1n) is 11.2. The highest BCUT2D eigenvalue weighted by Gasteiger charge is 2.83. The van der Waals surface area contributed by atoms with Crippen LogP contribution in [0, 0.1) is 31.0 Å². The van der Waals surface area contributed by atoms with Crippen LogP contribution in [0.2, 0.25) is 0 Å². The summed E-state index contributed by atoms with van der Waals surface area (Å²) >= 11 is 0. The summed E-state index contributed by atoms with van der Waals surface area (Å²) in [7, 11) is 1.86. The molecule has 2 unspecified atom stereocenters. The van der Waals surface area contributed by atoms with Crippen molar-refractivity contribution in [3.63, 3.8) is 0 Å². The van der Waals surface area contributed by atoms with Crippen LogP contribution in [0.15, 0.2) is 35.4 Å². The Morgan fingerprint density at radius 2 is 1.44 bits per heavy atom. The molecule has 176 valence electrons. The molecule has 0 aromatic heterocycles. The van der Waals surface area contributed by atoms with Gasteiger partial charge in [0, 0.05) is 16.6 Å². The van der Waals surface area contributed by atoms with Gasteiger partial charge >= 0.3 is 17.8 Å². The highest BCUT2D eigenvalue weighted by atomic mass is 19.3. The van der Waals surface area contributed by atoms with E-state index in [9.17, 15) is 13.2 Å². The lowest BCUT2D eigenvalue weighted by molar-refractivity contribution is -0.257. The zero-order chi connectivity index (χ0) is 24.7. The molecule has 4 aliphatic carbocycles. The van der Waals surface area contributed by atoms with Crippen molar-refractivity contribution in [1.29, 1.82) is 0 Å². The van der Waals surface area contributed by atoms with E-state index in [-0.39, 0.29) is 35.1 Å². The number of hydrogen-bond acceptors (Lipinski definition) is 0. The van der Waals surface area contributed by atoms with E-state index in [1.54, 1.807) is 19.9 Å². The fourth-order valence-electron chi connectivity index (χ4n) is 6.70. The highest BCUT2D eigenvalue weighted by molar-refractivity contribution is 6.33. The predicted octanol–water partition coefficient (Wildman–Crippen LogP) is 5.58. The van der Waals surface area contributed by atoms with Crippen LogP contribution in [0.25, 0.3) is 11.1 Å². The maximum atomic E-state index is 15.4. The molecule has 2 aromatic rings. The molecule has 0 spiro atoms. The number of allylic oxidation sites excluding steroid dienone is 4. The van der Waals surface area contributed by atoms with Gasteiger partial charge in [0.1, 0.15) is 13.7 Å². The molecule has 2 aromatic carbocycles. The molecule has 0 bridgehead atoms. The van der Waals surface area contributed by atoms with Crippen LogP contribution in [0.5, 0.6) is 0 Å². The van der Waals surface area contributed by atoms with Crippen molar-refractivity contribution in [2.24, 2.45) is 11.3 Å². The monoisotopic (exact) mass is 476 g/mol. The maximum absolute atomic E-state index is 15.4. The third-order valence-corrected chi connectivity index (χ3v) is 8.52. The number of halogens is 7. The molecule has 0 amide bonds. The van der Waals surface area contributed by atoms with Crippen molar-refractivity contribution >= 4 is 24.5 Å². The lowest BCUT2D eigenvalue weighted by Crippen LogP contribution is -2.47. The molecule has 8 heteroatoms. The molecule has 2 atom stereocenters. The zero-order valence-corrected chi connectivity index (χ0v) is 18.9. The van der Waals surface area contributed by atoms with Crippen molar-refractivity contribution in [3.8, 4) is 0 Å². The summed E-state index contributed by atoms with van der Waals surface area (Å²) in [6, 6.07) is 6.03. The summed E-state index contributed by atoms with van der Waals surface area (Å²) in [5.74, 6) is -17.2. The number of rotatable bonds is 0. The molecule has 1 fully saturated rings. The Labute approximate surface area is 193 Å². The molecular weight excluding hydrogens is 456 g/mol. The van der Waals surface area contributed by atoms with Gasteiger partial charge in [-0.2, -0.15) is 26.3 Å². The topological polar surface area (TPSA) is 0 Å². The molecule has 4 aliphatic rings. The van der Waals surface area contributed by atoms with Crippen LogP contribution in [-0.4, -0.2) is 25.6 Å². The molecule has 34 heavy (non-hydrogen) atoms. The first-order chi connectivity index (χ1) is 15.6. The summed E-state index contributed by atoms with van der Waals surface area (Å²) in [5, 5.41) is 0. The van der Waals surface area contributed by atoms with E-state index < -0.39 is 46.1 Å². The third kappa shape index (κ3) is 2.19. The van der Waals surface area contributed by atoms with Crippen LogP contribution in [0.3, 0.4) is 0 Å². The normalized spacial score (nSPS) is 29.1. The van der Waals surface area contributed by atoms with Crippen molar-refractivity contribution in [3.05, 3.63) is 74.6 Å². The first-order valence-corrected chi connectivity index (χ1v) is 11.2. The largest absolute Gasteiger partial charge is 0.380 e. The van der Waals surface area contributed by atoms with Gasteiger partial charge in [-0.1, -0.05) is 36.1 Å². The van der Waals surface area contributed by atoms with Crippen LogP contribution < -0.4 is 5.46 Å².